The van der Waals surface area contributed by atoms with Gasteiger partial charge < -0.3 is 15.0 Å². The average Bonchev–Trinajstić information content (AvgIpc) is 3.29. The normalized spacial score (nSPS) is 17.3. The minimum atomic E-state index is -0.418. The van der Waals surface area contributed by atoms with Gasteiger partial charge in [-0.2, -0.15) is 0 Å². The van der Waals surface area contributed by atoms with Crippen molar-refractivity contribution in [2.24, 2.45) is 5.92 Å². The molecule has 0 aromatic carbocycles. The second-order valence-electron chi connectivity index (χ2n) is 7.68. The van der Waals surface area contributed by atoms with Crippen LogP contribution in [-0.2, 0) is 0 Å². The Morgan fingerprint density at radius 3 is 2.76 bits per heavy atom. The van der Waals surface area contributed by atoms with E-state index in [0.29, 0.717) is 30.0 Å². The van der Waals surface area contributed by atoms with E-state index < -0.39 is 5.91 Å². The highest BCUT2D eigenvalue weighted by Crippen LogP contribution is 2.28. The summed E-state index contributed by atoms with van der Waals surface area (Å²) in [5.74, 6) is 1.62. The predicted octanol–water partition coefficient (Wildman–Crippen LogP) is 4.34. The van der Waals surface area contributed by atoms with Crippen LogP contribution in [-0.4, -0.2) is 40.6 Å². The molecule has 0 bridgehead atoms. The fourth-order valence-electron chi connectivity index (χ4n) is 3.92. The molecule has 0 spiro atoms. The molecule has 2 aliphatic rings. The van der Waals surface area contributed by atoms with Crippen LogP contribution in [0.25, 0.3) is 0 Å². The second-order valence-corrected chi connectivity index (χ2v) is 8.09. The van der Waals surface area contributed by atoms with Gasteiger partial charge in [-0.05, 0) is 43.7 Å². The maximum absolute atomic E-state index is 12.9. The minimum absolute atomic E-state index is 0.146. The predicted molar refractivity (Wildman–Crippen MR) is 113 cm³/mol. The van der Waals surface area contributed by atoms with Crippen LogP contribution in [0.3, 0.4) is 0 Å². The Kier molecular flexibility index (Phi) is 6.44. The van der Waals surface area contributed by atoms with Crippen molar-refractivity contribution in [3.63, 3.8) is 0 Å². The van der Waals surface area contributed by atoms with Crippen LogP contribution in [0.1, 0.15) is 55.4 Å². The first-order valence-electron chi connectivity index (χ1n) is 10.4. The molecule has 2 aromatic rings. The molecule has 8 heteroatoms. The van der Waals surface area contributed by atoms with Gasteiger partial charge in [0.25, 0.3) is 5.91 Å². The van der Waals surface area contributed by atoms with Crippen molar-refractivity contribution >= 4 is 29.3 Å². The molecule has 2 aromatic heterocycles. The molecule has 2 fully saturated rings. The van der Waals surface area contributed by atoms with Crippen LogP contribution in [0.5, 0.6) is 5.75 Å². The van der Waals surface area contributed by atoms with Gasteiger partial charge in [-0.25, -0.2) is 15.0 Å². The number of carbonyl (C=O) groups is 1. The summed E-state index contributed by atoms with van der Waals surface area (Å²) in [5, 5.41) is 3.02. The number of nitrogens with zero attached hydrogens (tertiary/aromatic N) is 4. The van der Waals surface area contributed by atoms with Crippen LogP contribution in [0.15, 0.2) is 24.5 Å². The Labute approximate surface area is 175 Å². The van der Waals surface area contributed by atoms with Crippen LogP contribution in [0.4, 0.5) is 11.8 Å². The summed E-state index contributed by atoms with van der Waals surface area (Å²) in [6, 6.07) is 3.62. The molecule has 7 nitrogen and oxygen atoms in total. The first-order chi connectivity index (χ1) is 14.2. The van der Waals surface area contributed by atoms with Crippen LogP contribution < -0.4 is 15.0 Å². The van der Waals surface area contributed by atoms with Crippen molar-refractivity contribution in [2.75, 3.05) is 29.9 Å². The van der Waals surface area contributed by atoms with E-state index in [1.165, 1.54) is 38.3 Å². The molecule has 4 rings (SSSR count). The van der Waals surface area contributed by atoms with E-state index in [2.05, 4.69) is 25.2 Å². The summed E-state index contributed by atoms with van der Waals surface area (Å²) in [4.78, 5) is 27.9. The summed E-state index contributed by atoms with van der Waals surface area (Å²) in [5.41, 5.74) is 0.146. The molecule has 0 unspecified atom stereocenters. The number of rotatable bonds is 6. The van der Waals surface area contributed by atoms with Gasteiger partial charge in [0.2, 0.25) is 5.95 Å². The highest BCUT2D eigenvalue weighted by atomic mass is 35.5. The fourth-order valence-corrected chi connectivity index (χ4v) is 4.09. The minimum Gasteiger partial charge on any atom is -0.489 e. The van der Waals surface area contributed by atoms with Gasteiger partial charge in [0.1, 0.15) is 0 Å². The van der Waals surface area contributed by atoms with Gasteiger partial charge in [0.15, 0.2) is 17.3 Å². The number of amides is 1. The Morgan fingerprint density at radius 1 is 1.17 bits per heavy atom. The average molecular weight is 416 g/mol. The van der Waals surface area contributed by atoms with E-state index >= 15 is 0 Å². The van der Waals surface area contributed by atoms with Gasteiger partial charge in [0.05, 0.1) is 17.8 Å². The quantitative estimate of drug-likeness (QED) is 0.756. The van der Waals surface area contributed by atoms with Crippen molar-refractivity contribution in [1.29, 1.82) is 0 Å². The Balaban J connectivity index is 1.46. The fraction of sp³-hybridized carbons (Fsp3) is 0.524. The number of pyridine rings is 1. The van der Waals surface area contributed by atoms with Crippen LogP contribution in [0, 0.1) is 5.92 Å². The van der Waals surface area contributed by atoms with Crippen molar-refractivity contribution in [3.05, 3.63) is 35.2 Å². The standard InChI is InChI=1S/C21H26ClN5O2/c22-16-13-24-21(27-11-4-5-12-27)25-18(16)20(28)26-19-17(9-6-10-23-19)29-14-15-7-2-1-3-8-15/h6,9-10,13,15H,1-5,7-8,11-12,14H2,(H,23,26,28). The first kappa shape index (κ1) is 19.9. The Bertz CT molecular complexity index is 851. The molecule has 154 valence electrons. The number of ether oxygens (including phenoxy) is 1. The zero-order valence-electron chi connectivity index (χ0n) is 16.4. The number of halogens is 1. The van der Waals surface area contributed by atoms with E-state index in [0.717, 1.165) is 25.9 Å². The number of carbonyl (C=O) groups excluding carboxylic acids is 1. The van der Waals surface area contributed by atoms with Gasteiger partial charge >= 0.3 is 0 Å². The molecule has 1 N–H and O–H groups in total. The second kappa shape index (κ2) is 9.39. The number of hydrogen-bond acceptors (Lipinski definition) is 6. The zero-order chi connectivity index (χ0) is 20.1. The van der Waals surface area contributed by atoms with Crippen LogP contribution >= 0.6 is 11.6 Å². The van der Waals surface area contributed by atoms with Crippen molar-refractivity contribution in [3.8, 4) is 5.75 Å². The number of aromatic nitrogens is 3. The van der Waals surface area contributed by atoms with Crippen LogP contribution in [0.2, 0.25) is 5.02 Å². The van der Waals surface area contributed by atoms with E-state index in [1.807, 2.05) is 6.07 Å². The monoisotopic (exact) mass is 415 g/mol. The zero-order valence-corrected chi connectivity index (χ0v) is 17.2. The third-order valence-electron chi connectivity index (χ3n) is 5.54. The third-order valence-corrected chi connectivity index (χ3v) is 5.81. The lowest BCUT2D eigenvalue weighted by Crippen LogP contribution is -2.23. The molecule has 1 saturated heterocycles. The number of nitrogens with one attached hydrogen (secondary N) is 1. The van der Waals surface area contributed by atoms with Crippen molar-refractivity contribution in [1.82, 2.24) is 15.0 Å². The van der Waals surface area contributed by atoms with E-state index in [9.17, 15) is 4.79 Å². The van der Waals surface area contributed by atoms with Gasteiger partial charge in [-0.1, -0.05) is 30.9 Å². The molecule has 0 atom stereocenters. The lowest BCUT2D eigenvalue weighted by Gasteiger charge is -2.22. The molecule has 1 amide bonds. The molecule has 1 saturated carbocycles. The summed E-state index contributed by atoms with van der Waals surface area (Å²) in [7, 11) is 0. The maximum atomic E-state index is 12.9. The largest absolute Gasteiger partial charge is 0.489 e. The van der Waals surface area contributed by atoms with E-state index in [4.69, 9.17) is 16.3 Å². The van der Waals surface area contributed by atoms with Crippen molar-refractivity contribution in [2.45, 2.75) is 44.9 Å². The Morgan fingerprint density at radius 2 is 1.97 bits per heavy atom. The highest BCUT2D eigenvalue weighted by molar-refractivity contribution is 6.34. The van der Waals surface area contributed by atoms with Gasteiger partial charge in [-0.15, -0.1) is 0 Å². The summed E-state index contributed by atoms with van der Waals surface area (Å²) in [6.07, 6.45) is 11.5. The Hall–Kier alpha value is -2.41. The summed E-state index contributed by atoms with van der Waals surface area (Å²) < 4.78 is 6.00. The lowest BCUT2D eigenvalue weighted by atomic mass is 9.90. The van der Waals surface area contributed by atoms with E-state index in [1.54, 1.807) is 12.3 Å². The molecular weight excluding hydrogens is 390 g/mol. The molecule has 1 aliphatic carbocycles. The molecule has 29 heavy (non-hydrogen) atoms. The molecule has 1 aliphatic heterocycles. The smallest absolute Gasteiger partial charge is 0.277 e. The van der Waals surface area contributed by atoms with Crippen molar-refractivity contribution < 1.29 is 9.53 Å². The first-order valence-corrected chi connectivity index (χ1v) is 10.7. The number of anilines is 2. The molecule has 3 heterocycles. The van der Waals surface area contributed by atoms with Gasteiger partial charge in [-0.3, -0.25) is 4.79 Å². The maximum Gasteiger partial charge on any atom is 0.277 e. The highest BCUT2D eigenvalue weighted by Gasteiger charge is 2.21. The lowest BCUT2D eigenvalue weighted by molar-refractivity contribution is 0.102. The topological polar surface area (TPSA) is 80.2 Å². The SMILES string of the molecule is O=C(Nc1ncccc1OCC1CCCCC1)c1nc(N2CCCC2)ncc1Cl. The number of hydrogen-bond donors (Lipinski definition) is 1. The molecule has 0 radical (unpaired) electrons. The summed E-state index contributed by atoms with van der Waals surface area (Å²) >= 11 is 6.21. The molecular formula is C21H26ClN5O2. The summed E-state index contributed by atoms with van der Waals surface area (Å²) in [6.45, 7) is 2.42. The third kappa shape index (κ3) is 4.96. The van der Waals surface area contributed by atoms with Gasteiger partial charge in [0, 0.05) is 19.3 Å². The van der Waals surface area contributed by atoms with E-state index in [-0.39, 0.29) is 10.7 Å².